The second-order valence-electron chi connectivity index (χ2n) is 3.65. The van der Waals surface area contributed by atoms with Crippen molar-refractivity contribution in [1.82, 2.24) is 10.6 Å². The van der Waals surface area contributed by atoms with Crippen LogP contribution in [0.4, 0.5) is 18.0 Å². The fraction of sp³-hybridized carbons (Fsp3) is 0.889. The number of carbonyl (C=O) groups excluding carboxylic acids is 1. The molecule has 0 aromatic rings. The van der Waals surface area contributed by atoms with E-state index in [2.05, 4.69) is 10.6 Å². The topological polar surface area (TPSA) is 67.2 Å². The predicted molar refractivity (Wildman–Crippen MR) is 55.0 cm³/mol. The summed E-state index contributed by atoms with van der Waals surface area (Å²) in [6.07, 6.45) is -4.26. The summed E-state index contributed by atoms with van der Waals surface area (Å²) in [6, 6.07) is -0.608. The van der Waals surface area contributed by atoms with Crippen molar-refractivity contribution in [1.29, 1.82) is 0 Å². The van der Waals surface area contributed by atoms with Crippen LogP contribution < -0.4 is 16.4 Å². The lowest BCUT2D eigenvalue weighted by atomic mass is 10.1. The Morgan fingerprint density at radius 2 is 2.00 bits per heavy atom. The summed E-state index contributed by atoms with van der Waals surface area (Å²) in [4.78, 5) is 10.3. The van der Waals surface area contributed by atoms with Crippen molar-refractivity contribution in [3.05, 3.63) is 0 Å². The van der Waals surface area contributed by atoms with Crippen LogP contribution in [0.1, 0.15) is 26.2 Å². The van der Waals surface area contributed by atoms with Gasteiger partial charge in [0, 0.05) is 25.6 Å². The van der Waals surface area contributed by atoms with Gasteiger partial charge in [0.2, 0.25) is 0 Å². The molecular weight excluding hydrogens is 223 g/mol. The lowest BCUT2D eigenvalue weighted by molar-refractivity contribution is -0.135. The molecule has 4 nitrogen and oxygen atoms in total. The van der Waals surface area contributed by atoms with E-state index in [1.54, 1.807) is 6.92 Å². The van der Waals surface area contributed by atoms with Crippen LogP contribution in [0, 0.1) is 0 Å². The van der Waals surface area contributed by atoms with Crippen molar-refractivity contribution in [3.63, 3.8) is 0 Å². The molecule has 0 aliphatic heterocycles. The highest BCUT2D eigenvalue weighted by Gasteiger charge is 2.26. The molecule has 0 bridgehead atoms. The smallest absolute Gasteiger partial charge is 0.352 e. The minimum absolute atomic E-state index is 0.00275. The molecule has 7 heteroatoms. The van der Waals surface area contributed by atoms with Crippen LogP contribution in [0.5, 0.6) is 0 Å². The maximum absolute atomic E-state index is 11.8. The Balaban J connectivity index is 3.38. The van der Waals surface area contributed by atoms with Crippen LogP contribution >= 0.6 is 0 Å². The number of hydrogen-bond donors (Lipinski definition) is 3. The van der Waals surface area contributed by atoms with Gasteiger partial charge in [-0.2, -0.15) is 13.2 Å². The fourth-order valence-corrected chi connectivity index (χ4v) is 1.22. The van der Waals surface area contributed by atoms with Gasteiger partial charge in [0.15, 0.2) is 0 Å². The number of nitrogens with two attached hydrogens (primary N) is 1. The van der Waals surface area contributed by atoms with Gasteiger partial charge in [0.1, 0.15) is 0 Å². The third kappa shape index (κ3) is 11.1. The molecule has 0 aromatic heterocycles. The average molecular weight is 241 g/mol. The standard InChI is InChI=1S/C9H18F3N3O/c1-7(3-2-4-9(10,11)12)14-5-6-15-8(13)16/h7,14H,2-6H2,1H3,(H3,13,15,16). The van der Waals surface area contributed by atoms with E-state index >= 15 is 0 Å². The molecule has 0 aromatic carbocycles. The van der Waals surface area contributed by atoms with Gasteiger partial charge in [-0.15, -0.1) is 0 Å². The van der Waals surface area contributed by atoms with E-state index in [-0.39, 0.29) is 12.5 Å². The molecule has 0 saturated heterocycles. The predicted octanol–water partition coefficient (Wildman–Crippen LogP) is 1.37. The Hall–Kier alpha value is -0.980. The number of rotatable bonds is 7. The highest BCUT2D eigenvalue weighted by Crippen LogP contribution is 2.22. The minimum Gasteiger partial charge on any atom is -0.352 e. The molecule has 96 valence electrons. The van der Waals surface area contributed by atoms with Gasteiger partial charge < -0.3 is 16.4 Å². The van der Waals surface area contributed by atoms with Crippen LogP contribution in [0.15, 0.2) is 0 Å². The van der Waals surface area contributed by atoms with Crippen molar-refractivity contribution in [2.45, 2.75) is 38.4 Å². The monoisotopic (exact) mass is 241 g/mol. The lowest BCUT2D eigenvalue weighted by Gasteiger charge is -2.14. The van der Waals surface area contributed by atoms with E-state index in [0.29, 0.717) is 19.5 Å². The first-order valence-electron chi connectivity index (χ1n) is 5.14. The highest BCUT2D eigenvalue weighted by molar-refractivity contribution is 5.71. The molecule has 0 rings (SSSR count). The largest absolute Gasteiger partial charge is 0.389 e. The van der Waals surface area contributed by atoms with Crippen LogP contribution in [0.25, 0.3) is 0 Å². The van der Waals surface area contributed by atoms with E-state index in [4.69, 9.17) is 5.73 Å². The van der Waals surface area contributed by atoms with Crippen LogP contribution in [-0.4, -0.2) is 31.3 Å². The summed E-state index contributed by atoms with van der Waals surface area (Å²) in [5.41, 5.74) is 4.83. The zero-order valence-electron chi connectivity index (χ0n) is 9.23. The van der Waals surface area contributed by atoms with E-state index < -0.39 is 18.6 Å². The maximum Gasteiger partial charge on any atom is 0.389 e. The lowest BCUT2D eigenvalue weighted by Crippen LogP contribution is -2.38. The van der Waals surface area contributed by atoms with E-state index in [1.165, 1.54) is 0 Å². The minimum atomic E-state index is -4.08. The highest BCUT2D eigenvalue weighted by atomic mass is 19.4. The molecule has 0 spiro atoms. The van der Waals surface area contributed by atoms with Crippen LogP contribution in [0.2, 0.25) is 0 Å². The molecule has 0 fully saturated rings. The zero-order chi connectivity index (χ0) is 12.6. The number of urea groups is 1. The maximum atomic E-state index is 11.8. The molecule has 2 amide bonds. The molecule has 0 aliphatic carbocycles. The second kappa shape index (κ2) is 7.32. The summed E-state index contributed by atoms with van der Waals surface area (Å²) in [7, 11) is 0. The SMILES string of the molecule is CC(CCCC(F)(F)F)NCCNC(N)=O. The molecule has 0 saturated carbocycles. The second-order valence-corrected chi connectivity index (χ2v) is 3.65. The fourth-order valence-electron chi connectivity index (χ4n) is 1.22. The summed E-state index contributed by atoms with van der Waals surface area (Å²) in [5.74, 6) is 0. The Morgan fingerprint density at radius 1 is 1.38 bits per heavy atom. The first kappa shape index (κ1) is 15.0. The molecule has 0 heterocycles. The Morgan fingerprint density at radius 3 is 2.50 bits per heavy atom. The zero-order valence-corrected chi connectivity index (χ0v) is 9.23. The number of hydrogen-bond acceptors (Lipinski definition) is 2. The Kier molecular flexibility index (Phi) is 6.87. The number of primary amides is 1. The molecule has 1 unspecified atom stereocenters. The molecule has 4 N–H and O–H groups in total. The Labute approximate surface area is 92.8 Å². The van der Waals surface area contributed by atoms with Crippen molar-refractivity contribution < 1.29 is 18.0 Å². The third-order valence-corrected chi connectivity index (χ3v) is 2.01. The van der Waals surface area contributed by atoms with Crippen molar-refractivity contribution in [2.24, 2.45) is 5.73 Å². The number of carbonyl (C=O) groups is 1. The van der Waals surface area contributed by atoms with Crippen molar-refractivity contribution in [2.75, 3.05) is 13.1 Å². The van der Waals surface area contributed by atoms with Gasteiger partial charge in [-0.1, -0.05) is 0 Å². The number of nitrogens with one attached hydrogen (secondary N) is 2. The van der Waals surface area contributed by atoms with Gasteiger partial charge in [-0.25, -0.2) is 4.79 Å². The normalized spacial score (nSPS) is 13.5. The van der Waals surface area contributed by atoms with E-state index in [0.717, 1.165) is 0 Å². The molecule has 0 aliphatic rings. The number of alkyl halides is 3. The molecule has 0 radical (unpaired) electrons. The van der Waals surface area contributed by atoms with E-state index in [9.17, 15) is 18.0 Å². The van der Waals surface area contributed by atoms with Gasteiger partial charge in [-0.3, -0.25) is 0 Å². The summed E-state index contributed by atoms with van der Waals surface area (Å²) < 4.78 is 35.5. The quantitative estimate of drug-likeness (QED) is 0.589. The van der Waals surface area contributed by atoms with Crippen LogP contribution in [0.3, 0.4) is 0 Å². The molecule has 16 heavy (non-hydrogen) atoms. The van der Waals surface area contributed by atoms with Gasteiger partial charge in [0.25, 0.3) is 0 Å². The first-order valence-corrected chi connectivity index (χ1v) is 5.14. The van der Waals surface area contributed by atoms with Gasteiger partial charge in [0.05, 0.1) is 0 Å². The number of halogens is 3. The van der Waals surface area contributed by atoms with Crippen LogP contribution in [-0.2, 0) is 0 Å². The summed E-state index contributed by atoms with van der Waals surface area (Å²) in [5, 5.41) is 5.36. The summed E-state index contributed by atoms with van der Waals surface area (Å²) in [6.45, 7) is 2.68. The van der Waals surface area contributed by atoms with Gasteiger partial charge >= 0.3 is 12.2 Å². The third-order valence-electron chi connectivity index (χ3n) is 2.01. The summed E-state index contributed by atoms with van der Waals surface area (Å²) >= 11 is 0. The molecule has 1 atom stereocenters. The van der Waals surface area contributed by atoms with Crippen molar-refractivity contribution in [3.8, 4) is 0 Å². The Bertz CT molecular complexity index is 209. The first-order chi connectivity index (χ1) is 7.31. The average Bonchev–Trinajstić information content (AvgIpc) is 2.10. The molecular formula is C9H18F3N3O. The van der Waals surface area contributed by atoms with Gasteiger partial charge in [-0.05, 0) is 19.8 Å². The van der Waals surface area contributed by atoms with E-state index in [1.807, 2.05) is 0 Å². The number of amides is 2. The van der Waals surface area contributed by atoms with Crippen molar-refractivity contribution >= 4 is 6.03 Å².